The fourth-order valence-electron chi connectivity index (χ4n) is 8.15. The fourth-order valence-corrected chi connectivity index (χ4v) is 8.15. The maximum Gasteiger partial charge on any atom is -0.0276 e. The van der Waals surface area contributed by atoms with E-state index in [1.54, 1.807) is 16.7 Å². The maximum atomic E-state index is 2.65. The quantitative estimate of drug-likeness (QED) is 0.0599. The Morgan fingerprint density at radius 3 is 0.780 bits per heavy atom. The van der Waals surface area contributed by atoms with Crippen molar-refractivity contribution in [1.29, 1.82) is 0 Å². The summed E-state index contributed by atoms with van der Waals surface area (Å²) in [5.74, 6) is 0. The largest absolute Gasteiger partial charge is 0.0654 e. The van der Waals surface area contributed by atoms with Gasteiger partial charge in [0, 0.05) is 0 Å². The highest BCUT2D eigenvalue weighted by Gasteiger charge is 2.06. The number of rotatable bonds is 41. The van der Waals surface area contributed by atoms with Gasteiger partial charge in [-0.25, -0.2) is 0 Å². The van der Waals surface area contributed by atoms with Crippen molar-refractivity contribution in [1.82, 2.24) is 0 Å². The number of hydrogen-bond acceptors (Lipinski definition) is 0. The molecule has 0 aliphatic rings. The van der Waals surface area contributed by atoms with E-state index < -0.39 is 0 Å². The van der Waals surface area contributed by atoms with Gasteiger partial charge in [0.1, 0.15) is 0 Å². The highest BCUT2D eigenvalue weighted by molar-refractivity contribution is 5.32. The predicted molar refractivity (Wildman–Crippen MR) is 230 cm³/mol. The van der Waals surface area contributed by atoms with Crippen molar-refractivity contribution in [2.45, 2.75) is 284 Å². The average molecular weight is 695 g/mol. The Balaban J connectivity index is 2.30. The van der Waals surface area contributed by atoms with Crippen molar-refractivity contribution in [3.8, 4) is 0 Å². The van der Waals surface area contributed by atoms with Crippen LogP contribution < -0.4 is 0 Å². The molecule has 0 spiro atoms. The first kappa shape index (κ1) is 47.2. The van der Waals surface area contributed by atoms with Crippen molar-refractivity contribution in [2.75, 3.05) is 0 Å². The summed E-state index contributed by atoms with van der Waals surface area (Å²) in [5, 5.41) is 0. The van der Waals surface area contributed by atoms with Gasteiger partial charge in [-0.3, -0.25) is 0 Å². The predicted octanol–water partition coefficient (Wildman–Crippen LogP) is 18.2. The van der Waals surface area contributed by atoms with Crippen molar-refractivity contribution in [3.05, 3.63) is 34.9 Å². The maximum absolute atomic E-state index is 2.65. The zero-order chi connectivity index (χ0) is 35.8. The molecule has 0 amide bonds. The lowest BCUT2D eigenvalue weighted by Gasteiger charge is -2.13. The third-order valence-corrected chi connectivity index (χ3v) is 11.7. The Hall–Kier alpha value is -0.780. The molecule has 0 aromatic heterocycles. The first-order valence-corrected chi connectivity index (χ1v) is 23.9. The van der Waals surface area contributed by atoms with Gasteiger partial charge in [-0.2, -0.15) is 0 Å². The van der Waals surface area contributed by atoms with Crippen LogP contribution >= 0.6 is 0 Å². The van der Waals surface area contributed by atoms with E-state index in [-0.39, 0.29) is 0 Å². The first-order valence-electron chi connectivity index (χ1n) is 23.9. The van der Waals surface area contributed by atoms with Crippen LogP contribution in [0.1, 0.15) is 281 Å². The molecule has 0 N–H and O–H groups in total. The molecule has 0 radical (unpaired) electrons. The van der Waals surface area contributed by atoms with Crippen LogP contribution in [-0.4, -0.2) is 0 Å². The number of aryl methyl sites for hydroxylation is 3. The number of unbranched alkanes of at least 4 members (excludes halogenated alkanes) is 35. The first-order chi connectivity index (χ1) is 24.8. The third-order valence-electron chi connectivity index (χ3n) is 11.7. The van der Waals surface area contributed by atoms with Crippen LogP contribution in [0.3, 0.4) is 0 Å². The summed E-state index contributed by atoms with van der Waals surface area (Å²) in [5.41, 5.74) is 5.02. The Kier molecular flexibility index (Phi) is 37.3. The van der Waals surface area contributed by atoms with Crippen LogP contribution in [0.5, 0.6) is 0 Å². The normalized spacial score (nSPS) is 11.6. The average Bonchev–Trinajstić information content (AvgIpc) is 3.13. The minimum absolute atomic E-state index is 1.29. The number of benzene rings is 1. The van der Waals surface area contributed by atoms with Crippen LogP contribution in [0, 0.1) is 0 Å². The van der Waals surface area contributed by atoms with Gasteiger partial charge in [0.05, 0.1) is 0 Å². The van der Waals surface area contributed by atoms with E-state index >= 15 is 0 Å². The molecule has 0 nitrogen and oxygen atoms in total. The summed E-state index contributed by atoms with van der Waals surface area (Å²) >= 11 is 0. The molecular formula is C50H94. The Morgan fingerprint density at radius 1 is 0.240 bits per heavy atom. The molecule has 1 aromatic carbocycles. The molecule has 1 rings (SSSR count). The SMILES string of the molecule is CCCCCCCCCCCCCCCc1ccc(CCCCCCCCCCCCCC)c(CCCCCCCCCCCCCCC)c1. The molecule has 0 aliphatic heterocycles. The van der Waals surface area contributed by atoms with Crippen molar-refractivity contribution in [2.24, 2.45) is 0 Å². The standard InChI is InChI=1S/C50H94/c1-4-7-10-13-16-19-22-25-27-30-33-36-39-42-48-45-46-49(43-40-37-34-31-28-24-21-18-15-12-9-6-3)50(47-48)44-41-38-35-32-29-26-23-20-17-14-11-8-5-2/h45-47H,4-44H2,1-3H3. The topological polar surface area (TPSA) is 0 Å². The van der Waals surface area contributed by atoms with Gasteiger partial charge >= 0.3 is 0 Å². The number of hydrogen-bond donors (Lipinski definition) is 0. The van der Waals surface area contributed by atoms with Crippen LogP contribution in [0.4, 0.5) is 0 Å². The molecule has 0 saturated heterocycles. The van der Waals surface area contributed by atoms with Crippen LogP contribution in [0.2, 0.25) is 0 Å². The van der Waals surface area contributed by atoms with Gasteiger partial charge in [-0.05, 0) is 55.2 Å². The molecule has 0 unspecified atom stereocenters. The van der Waals surface area contributed by atoms with Crippen molar-refractivity contribution >= 4 is 0 Å². The molecule has 0 atom stereocenters. The smallest absolute Gasteiger partial charge is 0.0276 e. The van der Waals surface area contributed by atoms with Crippen molar-refractivity contribution < 1.29 is 0 Å². The lowest BCUT2D eigenvalue weighted by molar-refractivity contribution is 0.538. The zero-order valence-electron chi connectivity index (χ0n) is 35.2. The van der Waals surface area contributed by atoms with E-state index in [0.29, 0.717) is 0 Å². The Labute approximate surface area is 317 Å². The van der Waals surface area contributed by atoms with E-state index in [1.807, 2.05) is 0 Å². The summed E-state index contributed by atoms with van der Waals surface area (Å²) in [4.78, 5) is 0. The van der Waals surface area contributed by atoms with E-state index in [9.17, 15) is 0 Å². The summed E-state index contributed by atoms with van der Waals surface area (Å²) in [6.07, 6.45) is 58.8. The lowest BCUT2D eigenvalue weighted by atomic mass is 9.93. The molecule has 0 bridgehead atoms. The lowest BCUT2D eigenvalue weighted by Crippen LogP contribution is -1.98. The van der Waals surface area contributed by atoms with E-state index in [4.69, 9.17) is 0 Å². The van der Waals surface area contributed by atoms with Gasteiger partial charge in [0.15, 0.2) is 0 Å². The second-order valence-corrected chi connectivity index (χ2v) is 16.7. The monoisotopic (exact) mass is 695 g/mol. The Bertz CT molecular complexity index is 776. The summed E-state index contributed by atoms with van der Waals surface area (Å²) < 4.78 is 0. The van der Waals surface area contributed by atoms with Gasteiger partial charge < -0.3 is 0 Å². The highest BCUT2D eigenvalue weighted by Crippen LogP contribution is 2.22. The van der Waals surface area contributed by atoms with E-state index in [2.05, 4.69) is 39.0 Å². The minimum atomic E-state index is 1.29. The van der Waals surface area contributed by atoms with Gasteiger partial charge in [-0.15, -0.1) is 0 Å². The molecule has 50 heavy (non-hydrogen) atoms. The van der Waals surface area contributed by atoms with Crippen LogP contribution in [-0.2, 0) is 19.3 Å². The van der Waals surface area contributed by atoms with E-state index in [1.165, 1.54) is 263 Å². The fraction of sp³-hybridized carbons (Fsp3) is 0.880. The molecule has 0 heterocycles. The molecule has 0 aliphatic carbocycles. The molecule has 1 aromatic rings. The Morgan fingerprint density at radius 2 is 0.480 bits per heavy atom. The summed E-state index contributed by atoms with van der Waals surface area (Å²) in [6.45, 7) is 6.95. The summed E-state index contributed by atoms with van der Waals surface area (Å²) in [7, 11) is 0. The van der Waals surface area contributed by atoms with Gasteiger partial charge in [-0.1, -0.05) is 264 Å². The molecular weight excluding hydrogens is 601 g/mol. The van der Waals surface area contributed by atoms with Gasteiger partial charge in [0.25, 0.3) is 0 Å². The second kappa shape index (κ2) is 39.4. The zero-order valence-corrected chi connectivity index (χ0v) is 35.2. The molecule has 0 fully saturated rings. The van der Waals surface area contributed by atoms with Crippen molar-refractivity contribution in [3.63, 3.8) is 0 Å². The second-order valence-electron chi connectivity index (χ2n) is 16.7. The molecule has 0 saturated carbocycles. The minimum Gasteiger partial charge on any atom is -0.0654 e. The van der Waals surface area contributed by atoms with Gasteiger partial charge in [0.2, 0.25) is 0 Å². The summed E-state index contributed by atoms with van der Waals surface area (Å²) in [6, 6.07) is 7.70. The molecule has 0 heteroatoms. The molecule has 294 valence electrons. The van der Waals surface area contributed by atoms with Crippen LogP contribution in [0.25, 0.3) is 0 Å². The third kappa shape index (κ3) is 31.9. The van der Waals surface area contributed by atoms with E-state index in [0.717, 1.165) is 0 Å². The highest BCUT2D eigenvalue weighted by atomic mass is 14.1. The van der Waals surface area contributed by atoms with Crippen LogP contribution in [0.15, 0.2) is 18.2 Å².